The molecule has 2 N–H and O–H groups in total. The van der Waals surface area contributed by atoms with Crippen molar-refractivity contribution in [3.05, 3.63) is 46.7 Å². The lowest BCUT2D eigenvalue weighted by molar-refractivity contribution is -0.105. The number of aromatic hydroxyl groups is 1. The Morgan fingerprint density at radius 2 is 2.30 bits per heavy atom. The van der Waals surface area contributed by atoms with Gasteiger partial charge in [0.1, 0.15) is 12.0 Å². The molecule has 4 aliphatic rings. The molecule has 1 aromatic carbocycles. The van der Waals surface area contributed by atoms with Gasteiger partial charge in [-0.2, -0.15) is 0 Å². The van der Waals surface area contributed by atoms with Gasteiger partial charge in [0, 0.05) is 36.3 Å². The summed E-state index contributed by atoms with van der Waals surface area (Å²) in [6.45, 7) is 4.08. The lowest BCUT2D eigenvalue weighted by Gasteiger charge is -2.48. The molecule has 0 unspecified atom stereocenters. The van der Waals surface area contributed by atoms with Crippen molar-refractivity contribution in [1.29, 1.82) is 0 Å². The molecule has 5 rings (SSSR count). The van der Waals surface area contributed by atoms with Gasteiger partial charge in [-0.15, -0.1) is 0 Å². The predicted molar refractivity (Wildman–Crippen MR) is 88.3 cm³/mol. The molecule has 0 radical (unpaired) electrons. The molecule has 4 nitrogen and oxygen atoms in total. The Balaban J connectivity index is 1.84. The number of piperidine rings is 1. The summed E-state index contributed by atoms with van der Waals surface area (Å²) in [4.78, 5) is 14.5. The van der Waals surface area contributed by atoms with E-state index in [0.717, 1.165) is 49.2 Å². The van der Waals surface area contributed by atoms with E-state index in [9.17, 15) is 9.90 Å². The van der Waals surface area contributed by atoms with Gasteiger partial charge in [0.15, 0.2) is 0 Å². The zero-order valence-electron chi connectivity index (χ0n) is 13.2. The molecule has 23 heavy (non-hydrogen) atoms. The van der Waals surface area contributed by atoms with Gasteiger partial charge in [0.25, 0.3) is 0 Å². The molecule has 118 valence electrons. The molecule has 0 saturated carbocycles. The fourth-order valence-electron chi connectivity index (χ4n) is 5.50. The van der Waals surface area contributed by atoms with Crippen LogP contribution in [0.2, 0.25) is 0 Å². The third kappa shape index (κ3) is 1.39. The van der Waals surface area contributed by atoms with Crippen molar-refractivity contribution in [2.24, 2.45) is 5.92 Å². The minimum Gasteiger partial charge on any atom is -0.506 e. The van der Waals surface area contributed by atoms with Crippen LogP contribution in [0.4, 0.5) is 5.69 Å². The molecule has 3 heterocycles. The SMILES string of the molecule is CC=C1CN2CC[C@]34C(=C(C=O)[C@H]1C[C@@H]23)Nc1c(O)cccc14. The largest absolute Gasteiger partial charge is 0.506 e. The number of hydrogen-bond acceptors (Lipinski definition) is 4. The summed E-state index contributed by atoms with van der Waals surface area (Å²) in [5, 5.41) is 13.7. The van der Waals surface area contributed by atoms with Crippen LogP contribution in [0, 0.1) is 5.92 Å². The molecule has 2 fully saturated rings. The van der Waals surface area contributed by atoms with Crippen molar-refractivity contribution in [2.45, 2.75) is 31.2 Å². The highest BCUT2D eigenvalue weighted by Gasteiger charge is 2.61. The first-order valence-corrected chi connectivity index (χ1v) is 8.39. The molecular formula is C19H20N2O2. The Morgan fingerprint density at radius 1 is 1.43 bits per heavy atom. The van der Waals surface area contributed by atoms with E-state index in [1.807, 2.05) is 6.07 Å². The number of carbonyl (C=O) groups is 1. The Labute approximate surface area is 135 Å². The van der Waals surface area contributed by atoms with Gasteiger partial charge >= 0.3 is 0 Å². The third-order valence-corrected chi connectivity index (χ3v) is 6.48. The van der Waals surface area contributed by atoms with E-state index in [4.69, 9.17) is 0 Å². The summed E-state index contributed by atoms with van der Waals surface area (Å²) in [6.07, 6.45) is 5.24. The van der Waals surface area contributed by atoms with Crippen LogP contribution < -0.4 is 5.32 Å². The van der Waals surface area contributed by atoms with Crippen molar-refractivity contribution in [3.63, 3.8) is 0 Å². The van der Waals surface area contributed by atoms with Crippen LogP contribution in [-0.4, -0.2) is 35.4 Å². The first kappa shape index (κ1) is 13.4. The number of nitrogens with zero attached hydrogens (tertiary/aromatic N) is 1. The number of phenols is 1. The van der Waals surface area contributed by atoms with E-state index in [1.165, 1.54) is 11.1 Å². The first-order chi connectivity index (χ1) is 11.2. The van der Waals surface area contributed by atoms with E-state index in [1.54, 1.807) is 6.07 Å². The van der Waals surface area contributed by atoms with Crippen LogP contribution in [0.1, 0.15) is 25.3 Å². The van der Waals surface area contributed by atoms with E-state index in [-0.39, 0.29) is 17.1 Å². The van der Waals surface area contributed by atoms with Gasteiger partial charge in [-0.05, 0) is 31.4 Å². The number of hydrogen-bond donors (Lipinski definition) is 2. The van der Waals surface area contributed by atoms with E-state index in [2.05, 4.69) is 29.3 Å². The second-order valence-electron chi connectivity index (χ2n) is 7.13. The number of allylic oxidation sites excluding steroid dienone is 2. The van der Waals surface area contributed by atoms with Crippen molar-refractivity contribution >= 4 is 12.0 Å². The summed E-state index contributed by atoms with van der Waals surface area (Å²) < 4.78 is 0. The molecule has 3 atom stereocenters. The molecule has 0 amide bonds. The number of para-hydroxylation sites is 1. The van der Waals surface area contributed by atoms with E-state index < -0.39 is 0 Å². The summed E-state index contributed by atoms with van der Waals surface area (Å²) >= 11 is 0. The second-order valence-corrected chi connectivity index (χ2v) is 7.13. The maximum atomic E-state index is 12.0. The predicted octanol–water partition coefficient (Wildman–Crippen LogP) is 2.56. The van der Waals surface area contributed by atoms with E-state index >= 15 is 0 Å². The van der Waals surface area contributed by atoms with Crippen LogP contribution in [0.15, 0.2) is 41.1 Å². The number of carbonyl (C=O) groups excluding carboxylic acids is 1. The summed E-state index contributed by atoms with van der Waals surface area (Å²) in [7, 11) is 0. The monoisotopic (exact) mass is 308 g/mol. The van der Waals surface area contributed by atoms with Crippen LogP contribution in [0.3, 0.4) is 0 Å². The molecule has 2 saturated heterocycles. The average molecular weight is 308 g/mol. The number of aldehydes is 1. The number of fused-ring (bicyclic) bond motifs is 2. The minimum absolute atomic E-state index is 0.139. The maximum Gasteiger partial charge on any atom is 0.148 e. The van der Waals surface area contributed by atoms with Gasteiger partial charge in [0.05, 0.1) is 11.1 Å². The van der Waals surface area contributed by atoms with Gasteiger partial charge < -0.3 is 10.4 Å². The molecule has 1 aromatic rings. The summed E-state index contributed by atoms with van der Waals surface area (Å²) in [5.74, 6) is 0.507. The highest BCUT2D eigenvalue weighted by Crippen LogP contribution is 2.61. The molecule has 2 bridgehead atoms. The van der Waals surface area contributed by atoms with Crippen LogP contribution >= 0.6 is 0 Å². The second kappa shape index (κ2) is 4.26. The zero-order chi connectivity index (χ0) is 15.8. The molecule has 0 aromatic heterocycles. The molecule has 4 heteroatoms. The number of nitrogens with one attached hydrogen (secondary N) is 1. The minimum atomic E-state index is -0.139. The maximum absolute atomic E-state index is 12.0. The first-order valence-electron chi connectivity index (χ1n) is 8.39. The van der Waals surface area contributed by atoms with E-state index in [0.29, 0.717) is 6.04 Å². The lowest BCUT2D eigenvalue weighted by atomic mass is 9.62. The van der Waals surface area contributed by atoms with Crippen LogP contribution in [0.25, 0.3) is 0 Å². The van der Waals surface area contributed by atoms with Gasteiger partial charge in [-0.1, -0.05) is 23.8 Å². The quantitative estimate of drug-likeness (QED) is 0.476. The van der Waals surface area contributed by atoms with Crippen LogP contribution in [0.5, 0.6) is 5.75 Å². The number of rotatable bonds is 1. The molecule has 3 aliphatic heterocycles. The molecule has 1 spiro atoms. The standard InChI is InChI=1S/C19H20N2O2/c1-2-11-9-21-7-6-19-14-4-3-5-15(23)17(14)20-18(19)13(10-22)12(11)8-16(19)21/h2-5,10,12,16,20,23H,6-9H2,1H3/t12-,16+,19+/m0/s1. The van der Waals surface area contributed by atoms with Crippen molar-refractivity contribution < 1.29 is 9.90 Å². The number of anilines is 1. The highest BCUT2D eigenvalue weighted by molar-refractivity contribution is 5.86. The highest BCUT2D eigenvalue weighted by atomic mass is 16.3. The van der Waals surface area contributed by atoms with Gasteiger partial charge in [0.2, 0.25) is 0 Å². The Hall–Kier alpha value is -2.07. The zero-order valence-corrected chi connectivity index (χ0v) is 13.2. The summed E-state index contributed by atoms with van der Waals surface area (Å²) in [6, 6.07) is 6.18. The number of phenolic OH excluding ortho intramolecular Hbond substituents is 1. The average Bonchev–Trinajstić information content (AvgIpc) is 3.12. The fourth-order valence-corrected chi connectivity index (χ4v) is 5.50. The van der Waals surface area contributed by atoms with Crippen molar-refractivity contribution in [3.8, 4) is 5.75 Å². The Bertz CT molecular complexity index is 795. The van der Waals surface area contributed by atoms with Crippen LogP contribution in [-0.2, 0) is 10.2 Å². The number of benzene rings is 1. The van der Waals surface area contributed by atoms with Crippen molar-refractivity contribution in [1.82, 2.24) is 4.90 Å². The fraction of sp³-hybridized carbons (Fsp3) is 0.421. The molecular weight excluding hydrogens is 288 g/mol. The Kier molecular flexibility index (Phi) is 2.48. The van der Waals surface area contributed by atoms with Crippen molar-refractivity contribution in [2.75, 3.05) is 18.4 Å². The Morgan fingerprint density at radius 3 is 3.09 bits per heavy atom. The lowest BCUT2D eigenvalue weighted by Crippen LogP contribution is -2.52. The van der Waals surface area contributed by atoms with Gasteiger partial charge in [-0.25, -0.2) is 0 Å². The normalized spacial score (nSPS) is 36.0. The summed E-state index contributed by atoms with van der Waals surface area (Å²) in [5.41, 5.74) is 5.13. The molecule has 1 aliphatic carbocycles. The van der Waals surface area contributed by atoms with Gasteiger partial charge in [-0.3, -0.25) is 9.69 Å². The smallest absolute Gasteiger partial charge is 0.148 e. The topological polar surface area (TPSA) is 52.6 Å². The third-order valence-electron chi connectivity index (χ3n) is 6.48.